The highest BCUT2D eigenvalue weighted by Gasteiger charge is 1.97. The molecule has 0 amide bonds. The maximum atomic E-state index is 3.17. The number of allylic oxidation sites excluding steroid dienone is 3. The molecule has 2 nitrogen and oxygen atoms in total. The van der Waals surface area contributed by atoms with E-state index >= 15 is 0 Å². The largest absolute Gasteiger partial charge is 0.371 e. The zero-order valence-corrected chi connectivity index (χ0v) is 5.86. The van der Waals surface area contributed by atoms with Crippen molar-refractivity contribution in [1.82, 2.24) is 10.6 Å². The lowest BCUT2D eigenvalue weighted by atomic mass is 10.3. The van der Waals surface area contributed by atoms with Crippen LogP contribution in [0.2, 0.25) is 0 Å². The van der Waals surface area contributed by atoms with Gasteiger partial charge in [-0.3, -0.25) is 0 Å². The second kappa shape index (κ2) is 2.58. The topological polar surface area (TPSA) is 24.1 Å². The molecule has 9 heavy (non-hydrogen) atoms. The summed E-state index contributed by atoms with van der Waals surface area (Å²) in [5.41, 5.74) is 2.42. The predicted molar refractivity (Wildman–Crippen MR) is 38.7 cm³/mol. The summed E-state index contributed by atoms with van der Waals surface area (Å²) in [5, 5.41) is 6.33. The molecule has 0 bridgehead atoms. The van der Waals surface area contributed by atoms with Gasteiger partial charge in [0.2, 0.25) is 0 Å². The van der Waals surface area contributed by atoms with Crippen molar-refractivity contribution in [3.63, 3.8) is 0 Å². The fourth-order valence-electron chi connectivity index (χ4n) is 0.806. The summed E-state index contributed by atoms with van der Waals surface area (Å²) in [6.45, 7) is 4.93. The smallest absolute Gasteiger partial charge is 0.0846 e. The van der Waals surface area contributed by atoms with Crippen LogP contribution in [0.15, 0.2) is 23.5 Å². The highest BCUT2D eigenvalue weighted by atomic mass is 15.1. The Balaban J connectivity index is 2.68. The molecule has 0 spiro atoms. The molecule has 0 unspecified atom stereocenters. The Kier molecular flexibility index (Phi) is 1.78. The maximum Gasteiger partial charge on any atom is 0.0846 e. The molecule has 0 aromatic carbocycles. The van der Waals surface area contributed by atoms with Gasteiger partial charge in [0.25, 0.3) is 0 Å². The number of rotatable bonds is 0. The first-order valence-corrected chi connectivity index (χ1v) is 3.15. The molecule has 0 aliphatic carbocycles. The Hall–Kier alpha value is -0.920. The van der Waals surface area contributed by atoms with E-state index in [2.05, 4.69) is 29.7 Å². The minimum atomic E-state index is 0.849. The SMILES string of the molecule is C/C=C1\C=C(C)NCN1. The van der Waals surface area contributed by atoms with Crippen LogP contribution in [-0.2, 0) is 0 Å². The van der Waals surface area contributed by atoms with Crippen LogP contribution in [0, 0.1) is 0 Å². The van der Waals surface area contributed by atoms with E-state index in [1.807, 2.05) is 6.92 Å². The predicted octanol–water partition coefficient (Wildman–Crippen LogP) is 0.944. The van der Waals surface area contributed by atoms with Crippen LogP contribution in [-0.4, -0.2) is 6.67 Å². The van der Waals surface area contributed by atoms with Crippen LogP contribution < -0.4 is 10.6 Å². The van der Waals surface area contributed by atoms with Crippen LogP contribution in [0.4, 0.5) is 0 Å². The van der Waals surface area contributed by atoms with Gasteiger partial charge in [-0.05, 0) is 19.9 Å². The highest BCUT2D eigenvalue weighted by molar-refractivity contribution is 5.22. The molecule has 1 rings (SSSR count). The summed E-state index contributed by atoms with van der Waals surface area (Å²) in [5.74, 6) is 0. The van der Waals surface area contributed by atoms with Crippen LogP contribution in [0.3, 0.4) is 0 Å². The van der Waals surface area contributed by atoms with Gasteiger partial charge in [0.15, 0.2) is 0 Å². The standard InChI is InChI=1S/C7H12N2/c1-3-7-4-6(2)8-5-9-7/h3-4,8-9H,5H2,1-2H3/b7-3+. The van der Waals surface area contributed by atoms with E-state index < -0.39 is 0 Å². The van der Waals surface area contributed by atoms with Gasteiger partial charge in [0.1, 0.15) is 0 Å². The molecule has 0 fully saturated rings. The molecule has 0 saturated heterocycles. The van der Waals surface area contributed by atoms with Crippen LogP contribution >= 0.6 is 0 Å². The second-order valence-electron chi connectivity index (χ2n) is 2.10. The van der Waals surface area contributed by atoms with E-state index in [-0.39, 0.29) is 0 Å². The second-order valence-corrected chi connectivity index (χ2v) is 2.10. The van der Waals surface area contributed by atoms with Crippen molar-refractivity contribution in [3.05, 3.63) is 23.5 Å². The quantitative estimate of drug-likeness (QED) is 0.502. The fraction of sp³-hybridized carbons (Fsp3) is 0.429. The first-order chi connectivity index (χ1) is 4.33. The average Bonchev–Trinajstić information content (AvgIpc) is 1.88. The van der Waals surface area contributed by atoms with Crippen LogP contribution in [0.1, 0.15) is 13.8 Å². The number of hydrogen-bond donors (Lipinski definition) is 2. The number of nitrogens with one attached hydrogen (secondary N) is 2. The fourth-order valence-corrected chi connectivity index (χ4v) is 0.806. The third kappa shape index (κ3) is 1.49. The average molecular weight is 124 g/mol. The molecule has 0 aromatic rings. The Morgan fingerprint density at radius 2 is 2.33 bits per heavy atom. The van der Waals surface area contributed by atoms with Gasteiger partial charge >= 0.3 is 0 Å². The molecule has 2 heteroatoms. The molecule has 1 aliphatic heterocycles. The molecule has 50 valence electrons. The number of hydrogen-bond acceptors (Lipinski definition) is 2. The van der Waals surface area contributed by atoms with Crippen molar-refractivity contribution >= 4 is 0 Å². The lowest BCUT2D eigenvalue weighted by Gasteiger charge is -2.16. The zero-order valence-electron chi connectivity index (χ0n) is 5.86. The van der Waals surface area contributed by atoms with Crippen LogP contribution in [0.25, 0.3) is 0 Å². The molecule has 0 atom stereocenters. The van der Waals surface area contributed by atoms with E-state index in [1.54, 1.807) is 0 Å². The Bertz CT molecular complexity index is 156. The van der Waals surface area contributed by atoms with E-state index in [9.17, 15) is 0 Å². The first-order valence-electron chi connectivity index (χ1n) is 3.15. The molecule has 0 saturated carbocycles. The third-order valence-electron chi connectivity index (χ3n) is 1.34. The molecule has 0 radical (unpaired) electrons. The summed E-state index contributed by atoms with van der Waals surface area (Å²) >= 11 is 0. The van der Waals surface area contributed by atoms with E-state index in [1.165, 1.54) is 11.4 Å². The molecule has 2 N–H and O–H groups in total. The zero-order chi connectivity index (χ0) is 6.69. The summed E-state index contributed by atoms with van der Waals surface area (Å²) < 4.78 is 0. The lowest BCUT2D eigenvalue weighted by Crippen LogP contribution is -2.31. The molecular formula is C7H12N2. The van der Waals surface area contributed by atoms with Crippen molar-refractivity contribution in [1.29, 1.82) is 0 Å². The Morgan fingerprint density at radius 1 is 1.56 bits per heavy atom. The van der Waals surface area contributed by atoms with E-state index in [0.717, 1.165) is 6.67 Å². The molecular weight excluding hydrogens is 112 g/mol. The molecule has 0 aromatic heterocycles. The monoisotopic (exact) mass is 124 g/mol. The summed E-state index contributed by atoms with van der Waals surface area (Å²) in [7, 11) is 0. The Labute approximate surface area is 55.6 Å². The van der Waals surface area contributed by atoms with Gasteiger partial charge in [-0.1, -0.05) is 6.08 Å². The maximum absolute atomic E-state index is 3.17. The summed E-state index contributed by atoms with van der Waals surface area (Å²) in [6, 6.07) is 0. The van der Waals surface area contributed by atoms with Crippen LogP contribution in [0.5, 0.6) is 0 Å². The van der Waals surface area contributed by atoms with Crippen molar-refractivity contribution in [2.75, 3.05) is 6.67 Å². The molecule has 1 heterocycles. The van der Waals surface area contributed by atoms with E-state index in [0.29, 0.717) is 0 Å². The van der Waals surface area contributed by atoms with Gasteiger partial charge in [-0.15, -0.1) is 0 Å². The van der Waals surface area contributed by atoms with Gasteiger partial charge < -0.3 is 10.6 Å². The van der Waals surface area contributed by atoms with Gasteiger partial charge in [-0.25, -0.2) is 0 Å². The van der Waals surface area contributed by atoms with Gasteiger partial charge in [0, 0.05) is 11.4 Å². The normalized spacial score (nSPS) is 22.4. The third-order valence-corrected chi connectivity index (χ3v) is 1.34. The molecule has 1 aliphatic rings. The van der Waals surface area contributed by atoms with E-state index in [4.69, 9.17) is 0 Å². The van der Waals surface area contributed by atoms with Gasteiger partial charge in [-0.2, -0.15) is 0 Å². The summed E-state index contributed by atoms with van der Waals surface area (Å²) in [4.78, 5) is 0. The first kappa shape index (κ1) is 6.20. The highest BCUT2D eigenvalue weighted by Crippen LogP contribution is 1.99. The minimum Gasteiger partial charge on any atom is -0.371 e. The Morgan fingerprint density at radius 3 is 2.78 bits per heavy atom. The van der Waals surface area contributed by atoms with Crippen molar-refractivity contribution in [2.45, 2.75) is 13.8 Å². The summed E-state index contributed by atoms with van der Waals surface area (Å²) in [6.07, 6.45) is 4.15. The van der Waals surface area contributed by atoms with Gasteiger partial charge in [0.05, 0.1) is 6.67 Å². The van der Waals surface area contributed by atoms with Crippen molar-refractivity contribution < 1.29 is 0 Å². The lowest BCUT2D eigenvalue weighted by molar-refractivity contribution is 0.687. The minimum absolute atomic E-state index is 0.849. The van der Waals surface area contributed by atoms with Crippen molar-refractivity contribution in [3.8, 4) is 0 Å². The van der Waals surface area contributed by atoms with Crippen molar-refractivity contribution in [2.24, 2.45) is 0 Å².